The minimum absolute atomic E-state index is 0.0159. The van der Waals surface area contributed by atoms with Crippen LogP contribution < -0.4 is 25.2 Å². The molecular weight excluding hydrogens is 450 g/mol. The van der Waals surface area contributed by atoms with Crippen LogP contribution in [0.2, 0.25) is 0 Å². The van der Waals surface area contributed by atoms with Gasteiger partial charge in [-0.2, -0.15) is 0 Å². The summed E-state index contributed by atoms with van der Waals surface area (Å²) in [6, 6.07) is 19.3. The Kier molecular flexibility index (Phi) is 6.01. The molecule has 2 N–H and O–H groups in total. The third kappa shape index (κ3) is 4.50. The second kappa shape index (κ2) is 9.42. The first kappa shape index (κ1) is 22.3. The fourth-order valence-electron chi connectivity index (χ4n) is 4.17. The minimum Gasteiger partial charge on any atom is -0.507 e. The fourth-order valence-corrected chi connectivity index (χ4v) is 4.17. The molecule has 3 aromatic carbocycles. The van der Waals surface area contributed by atoms with Gasteiger partial charge in [0.1, 0.15) is 17.1 Å². The first-order valence-corrected chi connectivity index (χ1v) is 11.1. The smallest absolute Gasteiger partial charge is 0.343 e. The first-order chi connectivity index (χ1) is 17.0. The highest BCUT2D eigenvalue weighted by atomic mass is 16.7. The zero-order valence-electron chi connectivity index (χ0n) is 18.9. The van der Waals surface area contributed by atoms with Crippen LogP contribution in [0.1, 0.15) is 29.0 Å². The summed E-state index contributed by atoms with van der Waals surface area (Å²) in [5.74, 6) is 0.530. The van der Waals surface area contributed by atoms with Crippen molar-refractivity contribution in [1.29, 1.82) is 0 Å². The molecule has 0 bridgehead atoms. The molecular formula is C27H23NO7. The predicted molar refractivity (Wildman–Crippen MR) is 128 cm³/mol. The highest BCUT2D eigenvalue weighted by molar-refractivity contribution is 5.85. The number of para-hydroxylation sites is 1. The summed E-state index contributed by atoms with van der Waals surface area (Å²) in [5, 5.41) is 14.3. The van der Waals surface area contributed by atoms with Crippen molar-refractivity contribution in [1.82, 2.24) is 5.32 Å². The SMILES string of the molecule is COc1ccc(CNC(=O)C[C@@H](c2ccc3c(c2)OCO3)c2c(O)c3ccccc3oc2=O)cc1. The van der Waals surface area contributed by atoms with Gasteiger partial charge in [-0.3, -0.25) is 4.79 Å². The van der Waals surface area contributed by atoms with Gasteiger partial charge in [-0.1, -0.05) is 30.3 Å². The molecule has 0 unspecified atom stereocenters. The lowest BCUT2D eigenvalue weighted by Gasteiger charge is -2.19. The summed E-state index contributed by atoms with van der Waals surface area (Å²) in [4.78, 5) is 26.0. The molecule has 35 heavy (non-hydrogen) atoms. The zero-order valence-corrected chi connectivity index (χ0v) is 18.9. The van der Waals surface area contributed by atoms with Crippen molar-refractivity contribution < 1.29 is 28.5 Å². The maximum Gasteiger partial charge on any atom is 0.343 e. The van der Waals surface area contributed by atoms with Gasteiger partial charge in [0.05, 0.1) is 18.1 Å². The van der Waals surface area contributed by atoms with Gasteiger partial charge in [-0.25, -0.2) is 4.79 Å². The van der Waals surface area contributed by atoms with Gasteiger partial charge in [0, 0.05) is 18.9 Å². The van der Waals surface area contributed by atoms with Crippen LogP contribution in [0.15, 0.2) is 75.9 Å². The van der Waals surface area contributed by atoms with Gasteiger partial charge >= 0.3 is 5.63 Å². The number of nitrogens with one attached hydrogen (secondary N) is 1. The number of methoxy groups -OCH3 is 1. The van der Waals surface area contributed by atoms with Crippen molar-refractivity contribution in [2.24, 2.45) is 0 Å². The molecule has 1 atom stereocenters. The van der Waals surface area contributed by atoms with Crippen LogP contribution in [-0.2, 0) is 11.3 Å². The van der Waals surface area contributed by atoms with E-state index in [9.17, 15) is 14.7 Å². The number of ether oxygens (including phenoxy) is 3. The average Bonchev–Trinajstić information content (AvgIpc) is 3.35. The Bertz CT molecular complexity index is 1440. The van der Waals surface area contributed by atoms with Crippen molar-refractivity contribution in [3.63, 3.8) is 0 Å². The highest BCUT2D eigenvalue weighted by Gasteiger charge is 2.28. The van der Waals surface area contributed by atoms with E-state index in [4.69, 9.17) is 18.6 Å². The molecule has 0 spiro atoms. The molecule has 1 aromatic heterocycles. The molecule has 0 aliphatic carbocycles. The Morgan fingerprint density at radius 1 is 1.06 bits per heavy atom. The molecule has 2 heterocycles. The van der Waals surface area contributed by atoms with E-state index in [0.717, 1.165) is 11.3 Å². The molecule has 5 rings (SSSR count). The number of fused-ring (bicyclic) bond motifs is 2. The number of carbonyl (C=O) groups is 1. The van der Waals surface area contributed by atoms with Gasteiger partial charge in [-0.15, -0.1) is 0 Å². The van der Waals surface area contributed by atoms with Crippen LogP contribution in [0, 0.1) is 0 Å². The Morgan fingerprint density at radius 3 is 2.63 bits per heavy atom. The van der Waals surface area contributed by atoms with Gasteiger partial charge in [0.15, 0.2) is 11.5 Å². The van der Waals surface area contributed by atoms with E-state index in [1.165, 1.54) is 0 Å². The Hall–Kier alpha value is -4.46. The van der Waals surface area contributed by atoms with Crippen molar-refractivity contribution in [2.75, 3.05) is 13.9 Å². The summed E-state index contributed by atoms with van der Waals surface area (Å²) in [5.41, 5.74) is 1.10. The lowest BCUT2D eigenvalue weighted by atomic mass is 9.87. The van der Waals surface area contributed by atoms with Crippen LogP contribution in [-0.4, -0.2) is 24.9 Å². The van der Waals surface area contributed by atoms with Crippen LogP contribution in [0.25, 0.3) is 11.0 Å². The number of hydrogen-bond donors (Lipinski definition) is 2. The third-order valence-corrected chi connectivity index (χ3v) is 6.01. The van der Waals surface area contributed by atoms with Gasteiger partial charge in [0.2, 0.25) is 12.7 Å². The second-order valence-electron chi connectivity index (χ2n) is 8.14. The molecule has 1 aliphatic heterocycles. The van der Waals surface area contributed by atoms with Crippen LogP contribution >= 0.6 is 0 Å². The average molecular weight is 473 g/mol. The van der Waals surface area contributed by atoms with Crippen molar-refractivity contribution in [2.45, 2.75) is 18.9 Å². The minimum atomic E-state index is -0.777. The summed E-state index contributed by atoms with van der Waals surface area (Å²) in [7, 11) is 1.59. The fraction of sp³-hybridized carbons (Fsp3) is 0.185. The van der Waals surface area contributed by atoms with E-state index < -0.39 is 11.5 Å². The molecule has 8 nitrogen and oxygen atoms in total. The molecule has 0 radical (unpaired) electrons. The van der Waals surface area contributed by atoms with Crippen LogP contribution in [0.3, 0.4) is 0 Å². The van der Waals surface area contributed by atoms with E-state index in [0.29, 0.717) is 29.0 Å². The number of benzene rings is 3. The Labute approximate surface area is 200 Å². The lowest BCUT2D eigenvalue weighted by molar-refractivity contribution is -0.121. The van der Waals surface area contributed by atoms with Crippen LogP contribution in [0.5, 0.6) is 23.0 Å². The van der Waals surface area contributed by atoms with Gasteiger partial charge in [-0.05, 0) is 47.5 Å². The number of hydrogen-bond acceptors (Lipinski definition) is 7. The summed E-state index contributed by atoms with van der Waals surface area (Å²) in [6.45, 7) is 0.393. The maximum absolute atomic E-state index is 13.0. The third-order valence-electron chi connectivity index (χ3n) is 6.01. The molecule has 8 heteroatoms. The summed E-state index contributed by atoms with van der Waals surface area (Å²) < 4.78 is 21.5. The van der Waals surface area contributed by atoms with Crippen molar-refractivity contribution in [3.8, 4) is 23.0 Å². The monoisotopic (exact) mass is 473 g/mol. The van der Waals surface area contributed by atoms with Crippen molar-refractivity contribution in [3.05, 3.63) is 93.8 Å². The Balaban J connectivity index is 1.48. The number of carbonyl (C=O) groups excluding carboxylic acids is 1. The molecule has 178 valence electrons. The summed E-state index contributed by atoms with van der Waals surface area (Å²) >= 11 is 0. The standard InChI is InChI=1S/C27H23NO7/c1-32-18-9-6-16(7-10-18)14-28-24(29)13-20(17-8-11-22-23(12-17)34-15-33-22)25-26(30)19-4-2-3-5-21(19)35-27(25)31/h2-12,20,30H,13-15H2,1H3,(H,28,29)/t20-/m0/s1. The van der Waals surface area contributed by atoms with Crippen LogP contribution in [0.4, 0.5) is 0 Å². The largest absolute Gasteiger partial charge is 0.507 e. The number of aromatic hydroxyl groups is 1. The zero-order chi connectivity index (χ0) is 24.4. The number of amides is 1. The van der Waals surface area contributed by atoms with E-state index in [-0.39, 0.29) is 36.0 Å². The van der Waals surface area contributed by atoms with E-state index in [1.54, 1.807) is 49.6 Å². The predicted octanol–water partition coefficient (Wildman–Crippen LogP) is 4.07. The topological polar surface area (TPSA) is 107 Å². The first-order valence-electron chi connectivity index (χ1n) is 11.1. The maximum atomic E-state index is 13.0. The molecule has 1 aliphatic rings. The number of rotatable bonds is 7. The van der Waals surface area contributed by atoms with E-state index in [2.05, 4.69) is 5.32 Å². The van der Waals surface area contributed by atoms with E-state index >= 15 is 0 Å². The van der Waals surface area contributed by atoms with Gasteiger partial charge in [0.25, 0.3) is 0 Å². The normalized spacial score (nSPS) is 12.9. The Morgan fingerprint density at radius 2 is 1.83 bits per heavy atom. The van der Waals surface area contributed by atoms with Crippen molar-refractivity contribution >= 4 is 16.9 Å². The lowest BCUT2D eigenvalue weighted by Crippen LogP contribution is -2.26. The van der Waals surface area contributed by atoms with Gasteiger partial charge < -0.3 is 29.1 Å². The summed E-state index contributed by atoms with van der Waals surface area (Å²) in [6.07, 6.45) is -0.0908. The highest BCUT2D eigenvalue weighted by Crippen LogP contribution is 2.40. The molecule has 4 aromatic rings. The molecule has 0 saturated heterocycles. The van der Waals surface area contributed by atoms with E-state index in [1.807, 2.05) is 24.3 Å². The quantitative estimate of drug-likeness (QED) is 0.390. The molecule has 1 amide bonds. The molecule has 0 fully saturated rings. The second-order valence-corrected chi connectivity index (χ2v) is 8.14. The molecule has 0 saturated carbocycles.